The quantitative estimate of drug-likeness (QED) is 0.651. The SMILES string of the molecule is CC(=CCl)CS(N)(=O)=O. The standard InChI is InChI=1S/C4H8ClNO2S/c1-4(2-5)3-9(6,7)8/h2H,3H2,1H3,(H2,6,7,8). The van der Waals surface area contributed by atoms with Gasteiger partial charge in [0, 0.05) is 5.54 Å². The Morgan fingerprint density at radius 1 is 1.78 bits per heavy atom. The van der Waals surface area contributed by atoms with Gasteiger partial charge >= 0.3 is 0 Å². The molecule has 0 aliphatic rings. The predicted molar refractivity (Wildman–Crippen MR) is 37.6 cm³/mol. The summed E-state index contributed by atoms with van der Waals surface area (Å²) in [6.07, 6.45) is 0. The van der Waals surface area contributed by atoms with Crippen LogP contribution in [0.3, 0.4) is 0 Å². The molecule has 0 rings (SSSR count). The van der Waals surface area contributed by atoms with E-state index in [1.54, 1.807) is 6.92 Å². The van der Waals surface area contributed by atoms with Crippen LogP contribution in [0.2, 0.25) is 0 Å². The summed E-state index contributed by atoms with van der Waals surface area (Å²) < 4.78 is 20.6. The van der Waals surface area contributed by atoms with Crippen molar-refractivity contribution in [1.82, 2.24) is 0 Å². The molecule has 0 aliphatic heterocycles. The molecule has 54 valence electrons. The number of primary sulfonamides is 1. The fourth-order valence-corrected chi connectivity index (χ4v) is 1.24. The lowest BCUT2D eigenvalue weighted by atomic mass is 10.4. The molecule has 0 radical (unpaired) electrons. The molecule has 0 atom stereocenters. The van der Waals surface area contributed by atoms with E-state index < -0.39 is 10.0 Å². The molecule has 0 saturated carbocycles. The number of sulfonamides is 1. The van der Waals surface area contributed by atoms with Gasteiger partial charge in [0.1, 0.15) is 0 Å². The maximum atomic E-state index is 10.3. The second kappa shape index (κ2) is 3.20. The highest BCUT2D eigenvalue weighted by Crippen LogP contribution is 1.96. The molecule has 0 amide bonds. The molecule has 0 aromatic carbocycles. The molecular weight excluding hydrogens is 162 g/mol. The van der Waals surface area contributed by atoms with Crippen LogP contribution in [-0.2, 0) is 10.0 Å². The summed E-state index contributed by atoms with van der Waals surface area (Å²) in [5.41, 5.74) is 1.74. The first-order chi connectivity index (χ1) is 3.95. The number of hydrogen-bond acceptors (Lipinski definition) is 2. The summed E-state index contributed by atoms with van der Waals surface area (Å²) in [6, 6.07) is 0. The van der Waals surface area contributed by atoms with E-state index in [-0.39, 0.29) is 5.75 Å². The normalized spacial score (nSPS) is 13.9. The lowest BCUT2D eigenvalue weighted by Crippen LogP contribution is -2.16. The third kappa shape index (κ3) is 5.82. The van der Waals surface area contributed by atoms with Gasteiger partial charge in [-0.25, -0.2) is 13.6 Å². The van der Waals surface area contributed by atoms with Crippen LogP contribution in [0.1, 0.15) is 6.92 Å². The van der Waals surface area contributed by atoms with E-state index in [1.165, 1.54) is 5.54 Å². The van der Waals surface area contributed by atoms with Gasteiger partial charge in [-0.1, -0.05) is 11.6 Å². The number of nitrogens with two attached hydrogens (primary N) is 1. The molecule has 0 aromatic rings. The molecule has 0 aliphatic carbocycles. The molecule has 0 unspecified atom stereocenters. The van der Waals surface area contributed by atoms with Crippen molar-refractivity contribution >= 4 is 21.6 Å². The van der Waals surface area contributed by atoms with Crippen LogP contribution in [0, 0.1) is 0 Å². The molecule has 0 heterocycles. The molecule has 2 N–H and O–H groups in total. The molecule has 0 bridgehead atoms. The Kier molecular flexibility index (Phi) is 3.17. The molecule has 0 spiro atoms. The second-order valence-electron chi connectivity index (χ2n) is 1.76. The minimum Gasteiger partial charge on any atom is -0.228 e. The van der Waals surface area contributed by atoms with Crippen LogP contribution >= 0.6 is 11.6 Å². The third-order valence-corrected chi connectivity index (χ3v) is 1.85. The largest absolute Gasteiger partial charge is 0.228 e. The van der Waals surface area contributed by atoms with Crippen molar-refractivity contribution in [2.45, 2.75) is 6.92 Å². The van der Waals surface area contributed by atoms with Crippen LogP contribution in [-0.4, -0.2) is 14.2 Å². The minimum absolute atomic E-state index is 0.170. The molecule has 3 nitrogen and oxygen atoms in total. The Hall–Kier alpha value is -0.0600. The fraction of sp³-hybridized carbons (Fsp3) is 0.500. The van der Waals surface area contributed by atoms with Crippen molar-refractivity contribution in [3.63, 3.8) is 0 Å². The van der Waals surface area contributed by atoms with Crippen molar-refractivity contribution in [2.24, 2.45) is 5.14 Å². The monoisotopic (exact) mass is 169 g/mol. The van der Waals surface area contributed by atoms with E-state index in [2.05, 4.69) is 5.14 Å². The van der Waals surface area contributed by atoms with Crippen LogP contribution in [0.25, 0.3) is 0 Å². The van der Waals surface area contributed by atoms with Gasteiger partial charge in [0.25, 0.3) is 0 Å². The van der Waals surface area contributed by atoms with Crippen molar-refractivity contribution in [2.75, 3.05) is 5.75 Å². The molecule has 9 heavy (non-hydrogen) atoms. The minimum atomic E-state index is -3.39. The average molecular weight is 170 g/mol. The summed E-state index contributed by atoms with van der Waals surface area (Å²) in [5.74, 6) is -0.170. The van der Waals surface area contributed by atoms with Gasteiger partial charge in [-0.05, 0) is 12.5 Å². The zero-order valence-corrected chi connectivity index (χ0v) is 6.54. The molecule has 0 saturated heterocycles. The first-order valence-electron chi connectivity index (χ1n) is 2.22. The third-order valence-electron chi connectivity index (χ3n) is 0.615. The van der Waals surface area contributed by atoms with E-state index in [4.69, 9.17) is 11.6 Å². The van der Waals surface area contributed by atoms with Gasteiger partial charge in [0.2, 0.25) is 10.0 Å². The van der Waals surface area contributed by atoms with Gasteiger partial charge in [-0.2, -0.15) is 0 Å². The average Bonchev–Trinajstić information content (AvgIpc) is 1.62. The van der Waals surface area contributed by atoms with Crippen LogP contribution < -0.4 is 5.14 Å². The Balaban J connectivity index is 4.07. The smallest absolute Gasteiger partial charge is 0.212 e. The van der Waals surface area contributed by atoms with Crippen molar-refractivity contribution in [3.05, 3.63) is 11.1 Å². The molecule has 5 heteroatoms. The summed E-state index contributed by atoms with van der Waals surface area (Å²) in [4.78, 5) is 0. The topological polar surface area (TPSA) is 60.2 Å². The van der Waals surface area contributed by atoms with Crippen molar-refractivity contribution in [3.8, 4) is 0 Å². The zero-order chi connectivity index (χ0) is 7.49. The Morgan fingerprint density at radius 3 is 2.33 bits per heavy atom. The lowest BCUT2D eigenvalue weighted by molar-refractivity contribution is 0.600. The van der Waals surface area contributed by atoms with Gasteiger partial charge < -0.3 is 0 Å². The lowest BCUT2D eigenvalue weighted by Gasteiger charge is -1.93. The van der Waals surface area contributed by atoms with Gasteiger partial charge in [-0.15, -0.1) is 0 Å². The highest BCUT2D eigenvalue weighted by Gasteiger charge is 2.01. The van der Waals surface area contributed by atoms with Crippen LogP contribution in [0.15, 0.2) is 11.1 Å². The van der Waals surface area contributed by atoms with Crippen molar-refractivity contribution in [1.29, 1.82) is 0 Å². The highest BCUT2D eigenvalue weighted by atomic mass is 35.5. The predicted octanol–water partition coefficient (Wildman–Crippen LogP) is 0.418. The van der Waals surface area contributed by atoms with Crippen LogP contribution in [0.4, 0.5) is 0 Å². The van der Waals surface area contributed by atoms with Crippen LogP contribution in [0.5, 0.6) is 0 Å². The Labute approximate surface area is 59.5 Å². The Morgan fingerprint density at radius 2 is 2.22 bits per heavy atom. The van der Waals surface area contributed by atoms with E-state index in [0.717, 1.165) is 0 Å². The number of halogens is 1. The summed E-state index contributed by atoms with van der Waals surface area (Å²) >= 11 is 5.18. The first kappa shape index (κ1) is 8.94. The summed E-state index contributed by atoms with van der Waals surface area (Å²) in [7, 11) is -3.39. The maximum Gasteiger partial charge on any atom is 0.212 e. The van der Waals surface area contributed by atoms with Gasteiger partial charge in [0.05, 0.1) is 5.75 Å². The van der Waals surface area contributed by atoms with Gasteiger partial charge in [-0.3, -0.25) is 0 Å². The summed E-state index contributed by atoms with van der Waals surface area (Å²) in [5, 5.41) is 4.68. The zero-order valence-electron chi connectivity index (χ0n) is 4.96. The molecule has 0 aromatic heterocycles. The number of hydrogen-bond donors (Lipinski definition) is 1. The van der Waals surface area contributed by atoms with E-state index in [0.29, 0.717) is 5.57 Å². The Bertz CT molecular complexity index is 207. The maximum absolute atomic E-state index is 10.3. The van der Waals surface area contributed by atoms with Gasteiger partial charge in [0.15, 0.2) is 0 Å². The molecule has 0 fully saturated rings. The number of rotatable bonds is 2. The van der Waals surface area contributed by atoms with E-state index in [1.807, 2.05) is 0 Å². The summed E-state index contributed by atoms with van der Waals surface area (Å²) in [6.45, 7) is 1.59. The molecular formula is C4H8ClNO2S. The van der Waals surface area contributed by atoms with Crippen molar-refractivity contribution < 1.29 is 8.42 Å². The van der Waals surface area contributed by atoms with E-state index in [9.17, 15) is 8.42 Å². The second-order valence-corrected chi connectivity index (χ2v) is 3.60. The highest BCUT2D eigenvalue weighted by molar-refractivity contribution is 7.89. The first-order valence-corrected chi connectivity index (χ1v) is 4.37. The fourth-order valence-electron chi connectivity index (χ4n) is 0.349. The van der Waals surface area contributed by atoms with E-state index >= 15 is 0 Å².